The summed E-state index contributed by atoms with van der Waals surface area (Å²) in [7, 11) is 0. The van der Waals surface area contributed by atoms with E-state index in [0.29, 0.717) is 5.95 Å². The molecule has 0 atom stereocenters. The molecule has 0 aliphatic carbocycles. The molecule has 1 aromatic carbocycles. The minimum Gasteiger partial charge on any atom is -0.345 e. The highest BCUT2D eigenvalue weighted by molar-refractivity contribution is 5.92. The molecule has 4 rings (SSSR count). The van der Waals surface area contributed by atoms with Crippen molar-refractivity contribution < 1.29 is 0 Å². The molecule has 0 saturated heterocycles. The maximum absolute atomic E-state index is 4.71. The highest BCUT2D eigenvalue weighted by Gasteiger charge is 2.21. The minimum atomic E-state index is -0.276. The van der Waals surface area contributed by atoms with Gasteiger partial charge in [-0.05, 0) is 37.6 Å². The molecule has 0 amide bonds. The molecule has 5 heteroatoms. The largest absolute Gasteiger partial charge is 0.345 e. The fourth-order valence-electron chi connectivity index (χ4n) is 2.94. The monoisotopic (exact) mass is 329 g/mol. The Morgan fingerprint density at radius 1 is 0.920 bits per heavy atom. The lowest BCUT2D eigenvalue weighted by molar-refractivity contribution is 0.602. The van der Waals surface area contributed by atoms with E-state index in [1.54, 1.807) is 12.4 Å². The Bertz CT molecular complexity index is 1000. The summed E-state index contributed by atoms with van der Waals surface area (Å²) >= 11 is 0. The van der Waals surface area contributed by atoms with Crippen molar-refractivity contribution in [1.82, 2.24) is 19.9 Å². The Morgan fingerprint density at radius 3 is 2.60 bits per heavy atom. The summed E-state index contributed by atoms with van der Waals surface area (Å²) in [6.45, 7) is 4.24. The average Bonchev–Trinajstić information content (AvgIpc) is 3.06. The Hall–Kier alpha value is -3.21. The van der Waals surface area contributed by atoms with Gasteiger partial charge >= 0.3 is 0 Å². The van der Waals surface area contributed by atoms with Crippen LogP contribution in [-0.4, -0.2) is 19.9 Å². The van der Waals surface area contributed by atoms with Crippen LogP contribution in [0.4, 0.5) is 5.95 Å². The number of pyridine rings is 1. The zero-order chi connectivity index (χ0) is 17.3. The van der Waals surface area contributed by atoms with Crippen LogP contribution in [0.1, 0.15) is 19.4 Å². The van der Waals surface area contributed by atoms with Gasteiger partial charge in [0.2, 0.25) is 5.95 Å². The van der Waals surface area contributed by atoms with Gasteiger partial charge in [-0.2, -0.15) is 0 Å². The number of benzene rings is 1. The number of rotatable bonds is 4. The molecule has 3 aromatic heterocycles. The predicted molar refractivity (Wildman–Crippen MR) is 100 cm³/mol. The molecule has 0 saturated carbocycles. The van der Waals surface area contributed by atoms with E-state index in [1.807, 2.05) is 42.6 Å². The van der Waals surface area contributed by atoms with Crippen LogP contribution < -0.4 is 5.32 Å². The van der Waals surface area contributed by atoms with Gasteiger partial charge in [-0.1, -0.05) is 30.3 Å². The summed E-state index contributed by atoms with van der Waals surface area (Å²) in [4.78, 5) is 16.6. The maximum atomic E-state index is 4.71. The SMILES string of the molecule is CC(C)(Nc1nccc(-c2c[nH]c3ncccc23)n1)c1ccccc1. The van der Waals surface area contributed by atoms with E-state index in [1.165, 1.54) is 5.56 Å². The lowest BCUT2D eigenvalue weighted by Crippen LogP contribution is -2.28. The van der Waals surface area contributed by atoms with Crippen molar-refractivity contribution in [3.05, 3.63) is 72.7 Å². The molecular formula is C20H19N5. The molecule has 124 valence electrons. The number of H-pyrrole nitrogens is 1. The van der Waals surface area contributed by atoms with Gasteiger partial charge in [0.05, 0.1) is 11.2 Å². The zero-order valence-corrected chi connectivity index (χ0v) is 14.2. The second kappa shape index (κ2) is 6.02. The third-order valence-electron chi connectivity index (χ3n) is 4.30. The van der Waals surface area contributed by atoms with Crippen LogP contribution >= 0.6 is 0 Å². The second-order valence-electron chi connectivity index (χ2n) is 6.48. The van der Waals surface area contributed by atoms with E-state index in [-0.39, 0.29) is 5.54 Å². The first-order valence-corrected chi connectivity index (χ1v) is 8.23. The molecule has 0 fully saturated rings. The van der Waals surface area contributed by atoms with Gasteiger partial charge in [-0.3, -0.25) is 0 Å². The maximum Gasteiger partial charge on any atom is 0.223 e. The van der Waals surface area contributed by atoms with E-state index in [0.717, 1.165) is 22.3 Å². The zero-order valence-electron chi connectivity index (χ0n) is 14.2. The molecule has 4 aromatic rings. The van der Waals surface area contributed by atoms with Crippen LogP contribution in [0.5, 0.6) is 0 Å². The van der Waals surface area contributed by atoms with Crippen molar-refractivity contribution in [2.75, 3.05) is 5.32 Å². The van der Waals surface area contributed by atoms with Crippen molar-refractivity contribution in [3.8, 4) is 11.3 Å². The van der Waals surface area contributed by atoms with Gasteiger partial charge in [0.15, 0.2) is 0 Å². The third kappa shape index (κ3) is 2.96. The first-order chi connectivity index (χ1) is 12.1. The first-order valence-electron chi connectivity index (χ1n) is 8.23. The van der Waals surface area contributed by atoms with E-state index >= 15 is 0 Å². The molecule has 0 bridgehead atoms. The van der Waals surface area contributed by atoms with Gasteiger partial charge in [0, 0.05) is 29.5 Å². The quantitative estimate of drug-likeness (QED) is 0.583. The molecule has 2 N–H and O–H groups in total. The number of anilines is 1. The highest BCUT2D eigenvalue weighted by Crippen LogP contribution is 2.28. The molecule has 0 aliphatic rings. The second-order valence-corrected chi connectivity index (χ2v) is 6.48. The van der Waals surface area contributed by atoms with E-state index in [2.05, 4.69) is 46.2 Å². The van der Waals surface area contributed by atoms with E-state index in [4.69, 9.17) is 4.98 Å². The summed E-state index contributed by atoms with van der Waals surface area (Å²) in [6, 6.07) is 16.2. The summed E-state index contributed by atoms with van der Waals surface area (Å²) in [5.74, 6) is 0.601. The molecular weight excluding hydrogens is 310 g/mol. The smallest absolute Gasteiger partial charge is 0.223 e. The Morgan fingerprint density at radius 2 is 1.76 bits per heavy atom. The Labute approximate surface area is 146 Å². The normalized spacial score (nSPS) is 11.6. The molecule has 0 aliphatic heterocycles. The van der Waals surface area contributed by atoms with Gasteiger partial charge in [-0.25, -0.2) is 15.0 Å². The van der Waals surface area contributed by atoms with Crippen molar-refractivity contribution in [2.45, 2.75) is 19.4 Å². The van der Waals surface area contributed by atoms with Crippen LogP contribution in [0, 0.1) is 0 Å². The van der Waals surface area contributed by atoms with Crippen molar-refractivity contribution in [2.24, 2.45) is 0 Å². The molecule has 0 spiro atoms. The van der Waals surface area contributed by atoms with Crippen molar-refractivity contribution >= 4 is 17.0 Å². The molecule has 25 heavy (non-hydrogen) atoms. The third-order valence-corrected chi connectivity index (χ3v) is 4.30. The molecule has 0 radical (unpaired) electrons. The van der Waals surface area contributed by atoms with Crippen LogP contribution in [0.25, 0.3) is 22.3 Å². The number of nitrogens with one attached hydrogen (secondary N) is 2. The fraction of sp³-hybridized carbons (Fsp3) is 0.150. The van der Waals surface area contributed by atoms with Gasteiger partial charge < -0.3 is 10.3 Å². The summed E-state index contributed by atoms with van der Waals surface area (Å²) in [5, 5.41) is 4.49. The van der Waals surface area contributed by atoms with Crippen LogP contribution in [0.3, 0.4) is 0 Å². The Balaban J connectivity index is 1.68. The van der Waals surface area contributed by atoms with Crippen LogP contribution in [-0.2, 0) is 5.54 Å². The van der Waals surface area contributed by atoms with Crippen molar-refractivity contribution in [3.63, 3.8) is 0 Å². The average molecular weight is 329 g/mol. The first kappa shape index (κ1) is 15.3. The predicted octanol–water partition coefficient (Wildman–Crippen LogP) is 4.37. The molecule has 3 heterocycles. The van der Waals surface area contributed by atoms with Gasteiger partial charge in [0.1, 0.15) is 5.65 Å². The Kier molecular flexibility index (Phi) is 3.69. The number of nitrogens with zero attached hydrogens (tertiary/aromatic N) is 3. The number of aromatic nitrogens is 4. The molecule has 5 nitrogen and oxygen atoms in total. The lowest BCUT2D eigenvalue weighted by Gasteiger charge is -2.27. The topological polar surface area (TPSA) is 66.5 Å². The number of hydrogen-bond acceptors (Lipinski definition) is 4. The number of fused-ring (bicyclic) bond motifs is 1. The van der Waals surface area contributed by atoms with Crippen LogP contribution in [0.2, 0.25) is 0 Å². The summed E-state index contributed by atoms with van der Waals surface area (Å²) < 4.78 is 0. The number of aromatic amines is 1. The van der Waals surface area contributed by atoms with E-state index in [9.17, 15) is 0 Å². The van der Waals surface area contributed by atoms with Gasteiger partial charge in [-0.15, -0.1) is 0 Å². The minimum absolute atomic E-state index is 0.276. The highest BCUT2D eigenvalue weighted by atomic mass is 15.1. The molecule has 0 unspecified atom stereocenters. The number of hydrogen-bond donors (Lipinski definition) is 2. The fourth-order valence-corrected chi connectivity index (χ4v) is 2.94. The summed E-state index contributed by atoms with van der Waals surface area (Å²) in [6.07, 6.45) is 5.49. The lowest BCUT2D eigenvalue weighted by atomic mass is 9.95. The van der Waals surface area contributed by atoms with E-state index < -0.39 is 0 Å². The van der Waals surface area contributed by atoms with Crippen LogP contribution in [0.15, 0.2) is 67.1 Å². The standard InChI is InChI=1S/C20H19N5/c1-20(2,14-7-4-3-5-8-14)25-19-22-12-10-17(24-19)16-13-23-18-15(16)9-6-11-21-18/h3-13H,1-2H3,(H,21,23)(H,22,24,25). The van der Waals surface area contributed by atoms with Crippen molar-refractivity contribution in [1.29, 1.82) is 0 Å². The van der Waals surface area contributed by atoms with Gasteiger partial charge in [0.25, 0.3) is 0 Å². The summed E-state index contributed by atoms with van der Waals surface area (Å²) in [5.41, 5.74) is 3.64.